The number of carbonyl (C=O) groups is 1. The number of rotatable bonds is 15. The largest absolute Gasteiger partial charge is 0.496 e. The molecule has 0 aliphatic carbocycles. The van der Waals surface area contributed by atoms with Gasteiger partial charge in [0.05, 0.1) is 32.6 Å². The van der Waals surface area contributed by atoms with E-state index in [0.717, 1.165) is 12.0 Å². The van der Waals surface area contributed by atoms with E-state index in [-0.39, 0.29) is 35.8 Å². The Morgan fingerprint density at radius 1 is 0.944 bits per heavy atom. The Kier molecular flexibility index (Phi) is 13.4. The molecule has 0 aromatic heterocycles. The summed E-state index contributed by atoms with van der Waals surface area (Å²) in [6.45, 7) is 19.3. The maximum Gasteiger partial charge on any atom is 0.377 e. The van der Waals surface area contributed by atoms with Crippen LogP contribution in [0.3, 0.4) is 0 Å². The first-order valence-electron chi connectivity index (χ1n) is 12.1. The van der Waals surface area contributed by atoms with Crippen molar-refractivity contribution in [2.45, 2.75) is 72.2 Å². The van der Waals surface area contributed by atoms with E-state index in [2.05, 4.69) is 53.1 Å². The van der Waals surface area contributed by atoms with Gasteiger partial charge in [0.2, 0.25) is 5.76 Å². The lowest BCUT2D eigenvalue weighted by atomic mass is 10.1. The monoisotopic (exact) mass is 583 g/mol. The number of esters is 1. The van der Waals surface area contributed by atoms with Crippen molar-refractivity contribution in [3.8, 4) is 5.75 Å². The van der Waals surface area contributed by atoms with Crippen molar-refractivity contribution >= 4 is 54.8 Å². The van der Waals surface area contributed by atoms with Crippen molar-refractivity contribution in [3.05, 3.63) is 35.1 Å². The van der Waals surface area contributed by atoms with Crippen LogP contribution in [0.15, 0.2) is 24.0 Å². The van der Waals surface area contributed by atoms with Gasteiger partial charge in [0.15, 0.2) is 41.0 Å². The van der Waals surface area contributed by atoms with Crippen molar-refractivity contribution in [2.24, 2.45) is 5.92 Å². The first-order chi connectivity index (χ1) is 16.6. The molecule has 1 rings (SSSR count). The molecule has 0 aliphatic rings. The van der Waals surface area contributed by atoms with E-state index in [0.29, 0.717) is 17.2 Å². The molecule has 201 valence electrons. The molecule has 0 saturated carbocycles. The molecule has 1 aromatic carbocycles. The number of hydrogen-bond donors (Lipinski definition) is 0. The molecule has 0 fully saturated rings. The van der Waals surface area contributed by atoms with Crippen LogP contribution in [0.25, 0.3) is 5.76 Å². The summed E-state index contributed by atoms with van der Waals surface area (Å²) in [5, 5.41) is 0. The van der Waals surface area contributed by atoms with Crippen LogP contribution in [-0.2, 0) is 27.2 Å². The van der Waals surface area contributed by atoms with Gasteiger partial charge in [-0.1, -0.05) is 26.0 Å². The second-order valence-corrected chi connectivity index (χ2v) is 28.7. The Morgan fingerprint density at radius 3 is 1.92 bits per heavy atom. The Hall–Kier alpha value is -1.17. The Bertz CT molecular complexity index is 861. The van der Waals surface area contributed by atoms with Crippen LogP contribution >= 0.6 is 0 Å². The molecule has 0 saturated heterocycles. The summed E-state index contributed by atoms with van der Waals surface area (Å²) in [6, 6.07) is 5.66. The van der Waals surface area contributed by atoms with Crippen LogP contribution in [0.2, 0.25) is 39.3 Å². The highest BCUT2D eigenvalue weighted by molar-refractivity contribution is 7.38. The summed E-state index contributed by atoms with van der Waals surface area (Å²) in [5.41, 5.74) is 1.27. The molecule has 5 radical (unpaired) electrons. The third kappa shape index (κ3) is 11.1. The molecule has 1 aromatic rings. The predicted octanol–water partition coefficient (Wildman–Crippen LogP) is 4.89. The molecule has 0 aliphatic heterocycles. The minimum Gasteiger partial charge on any atom is -0.496 e. The molecule has 0 spiro atoms. The smallest absolute Gasteiger partial charge is 0.377 e. The number of aryl methyl sites for hydroxylation is 1. The summed E-state index contributed by atoms with van der Waals surface area (Å²) in [5.74, 6) is 0.698. The summed E-state index contributed by atoms with van der Waals surface area (Å²) in [4.78, 5) is 13.6. The third-order valence-electron chi connectivity index (χ3n) is 4.65. The minimum absolute atomic E-state index is 0.0143. The second-order valence-electron chi connectivity index (χ2n) is 10.8. The van der Waals surface area contributed by atoms with Crippen LogP contribution < -0.4 is 4.74 Å². The van der Waals surface area contributed by atoms with Crippen molar-refractivity contribution in [2.75, 3.05) is 21.3 Å². The normalized spacial score (nSPS) is 13.9. The summed E-state index contributed by atoms with van der Waals surface area (Å²) < 4.78 is 35.7. The number of carbonyl (C=O) groups excluding carboxylic acids is 1. The Morgan fingerprint density at radius 2 is 1.50 bits per heavy atom. The third-order valence-corrected chi connectivity index (χ3v) is 18.7. The van der Waals surface area contributed by atoms with Gasteiger partial charge in [-0.3, -0.25) is 0 Å². The summed E-state index contributed by atoms with van der Waals surface area (Å²) >= 11 is 0. The van der Waals surface area contributed by atoms with E-state index >= 15 is 0 Å². The molecule has 7 nitrogen and oxygen atoms in total. The van der Waals surface area contributed by atoms with Crippen molar-refractivity contribution < 1.29 is 32.0 Å². The lowest BCUT2D eigenvalue weighted by Crippen LogP contribution is -2.52. The molecule has 0 heterocycles. The standard InChI is InChI=1S/C24H43O7Si5/c1-17(2)16-20(34(32-30-35(7,8)9)33-31-36(10,11)12)29-24(25)23(28-6)22(27-5)19-15-13-14-18(3)21(19)26-4/h13-15,17,20H,16H2,1-12H3. The van der Waals surface area contributed by atoms with E-state index in [9.17, 15) is 4.79 Å². The van der Waals surface area contributed by atoms with Gasteiger partial charge in [-0.05, 0) is 70.2 Å². The predicted molar refractivity (Wildman–Crippen MR) is 154 cm³/mol. The van der Waals surface area contributed by atoms with E-state index < -0.39 is 30.4 Å². The van der Waals surface area contributed by atoms with Gasteiger partial charge in [-0.25, -0.2) is 4.79 Å². The topological polar surface area (TPSA) is 72.5 Å². The zero-order valence-electron chi connectivity index (χ0n) is 24.0. The summed E-state index contributed by atoms with van der Waals surface area (Å²) in [7, 11) is 0.339. The highest BCUT2D eigenvalue weighted by atomic mass is 29.6. The van der Waals surface area contributed by atoms with E-state index in [1.807, 2.05) is 25.1 Å². The second kappa shape index (κ2) is 14.7. The van der Waals surface area contributed by atoms with Crippen molar-refractivity contribution in [3.63, 3.8) is 0 Å². The summed E-state index contributed by atoms with van der Waals surface area (Å²) in [6.07, 6.45) is 0.733. The molecule has 12 heteroatoms. The molecular formula is C24H43O7Si5. The molecule has 1 atom stereocenters. The van der Waals surface area contributed by atoms with E-state index in [4.69, 9.17) is 27.2 Å². The number of ether oxygens (including phenoxy) is 4. The molecule has 0 bridgehead atoms. The Labute approximate surface area is 226 Å². The highest BCUT2D eigenvalue weighted by Crippen LogP contribution is 2.32. The maximum absolute atomic E-state index is 13.6. The van der Waals surface area contributed by atoms with Crippen LogP contribution in [0.1, 0.15) is 31.4 Å². The lowest BCUT2D eigenvalue weighted by molar-refractivity contribution is -0.145. The van der Waals surface area contributed by atoms with E-state index in [1.165, 1.54) is 14.2 Å². The van der Waals surface area contributed by atoms with Crippen molar-refractivity contribution in [1.82, 2.24) is 0 Å². The van der Waals surface area contributed by atoms with Crippen LogP contribution in [0, 0.1) is 12.8 Å². The number of methoxy groups -OCH3 is 3. The van der Waals surface area contributed by atoms with Crippen LogP contribution in [0.4, 0.5) is 0 Å². The van der Waals surface area contributed by atoms with Gasteiger partial charge in [0, 0.05) is 0 Å². The van der Waals surface area contributed by atoms with Gasteiger partial charge in [0.1, 0.15) is 13.6 Å². The highest BCUT2D eigenvalue weighted by Gasteiger charge is 2.36. The number of hydrogen-bond acceptors (Lipinski definition) is 7. The number of benzene rings is 1. The zero-order valence-corrected chi connectivity index (χ0v) is 29.0. The lowest BCUT2D eigenvalue weighted by Gasteiger charge is -2.30. The molecule has 1 unspecified atom stereocenters. The Balaban J connectivity index is 3.41. The van der Waals surface area contributed by atoms with Gasteiger partial charge < -0.3 is 27.2 Å². The van der Waals surface area contributed by atoms with Gasteiger partial charge in [-0.15, -0.1) is 0 Å². The van der Waals surface area contributed by atoms with Gasteiger partial charge in [0.25, 0.3) is 0 Å². The minimum atomic E-state index is -1.74. The first-order valence-corrected chi connectivity index (χ1v) is 24.3. The fourth-order valence-corrected chi connectivity index (χ4v) is 20.3. The molecular weight excluding hydrogens is 541 g/mol. The first kappa shape index (κ1) is 32.9. The SMILES string of the molecule is COC(C(=O)OC(CC(C)C)[Si]([Si]O[Si](C)(C)C)[Si]O[Si](C)(C)C)=C(OC)c1cccc(C)c1OC. The maximum atomic E-state index is 13.6. The fraction of sp³-hybridized carbons (Fsp3) is 0.625. The quantitative estimate of drug-likeness (QED) is 0.126. The van der Waals surface area contributed by atoms with Crippen LogP contribution in [0.5, 0.6) is 5.75 Å². The average molecular weight is 584 g/mol. The zero-order chi connectivity index (χ0) is 27.7. The fourth-order valence-electron chi connectivity index (χ4n) is 3.10. The van der Waals surface area contributed by atoms with Crippen molar-refractivity contribution in [1.29, 1.82) is 0 Å². The molecule has 0 amide bonds. The molecule has 36 heavy (non-hydrogen) atoms. The molecule has 0 N–H and O–H groups in total. The van der Waals surface area contributed by atoms with Crippen LogP contribution in [-0.4, -0.2) is 76.1 Å². The van der Waals surface area contributed by atoms with E-state index in [1.54, 1.807) is 7.11 Å². The average Bonchev–Trinajstić information content (AvgIpc) is 2.75. The number of para-hydroxylation sites is 1. The van der Waals surface area contributed by atoms with Gasteiger partial charge in [-0.2, -0.15) is 0 Å². The van der Waals surface area contributed by atoms with Gasteiger partial charge >= 0.3 is 5.97 Å².